The van der Waals surface area contributed by atoms with Crippen molar-refractivity contribution in [2.24, 2.45) is 0 Å². The van der Waals surface area contributed by atoms with Gasteiger partial charge in [0.1, 0.15) is 5.65 Å². The fourth-order valence-corrected chi connectivity index (χ4v) is 4.65. The van der Waals surface area contributed by atoms with Crippen LogP contribution in [-0.4, -0.2) is 32.9 Å². The fraction of sp³-hybridized carbons (Fsp3) is 0.214. The molecule has 1 saturated heterocycles. The van der Waals surface area contributed by atoms with Gasteiger partial charge in [0, 0.05) is 35.1 Å². The molecule has 5 nitrogen and oxygen atoms in total. The summed E-state index contributed by atoms with van der Waals surface area (Å²) in [4.78, 5) is 8.96. The Morgan fingerprint density at radius 3 is 2.21 bits per heavy atom. The van der Waals surface area contributed by atoms with Crippen LogP contribution in [-0.2, 0) is 9.31 Å². The maximum atomic E-state index is 6.43. The van der Waals surface area contributed by atoms with Gasteiger partial charge in [-0.3, -0.25) is 9.55 Å². The van der Waals surface area contributed by atoms with E-state index in [2.05, 4.69) is 85.8 Å². The van der Waals surface area contributed by atoms with Crippen LogP contribution in [0.15, 0.2) is 85.3 Å². The summed E-state index contributed by atoms with van der Waals surface area (Å²) in [7, 11) is -0.466. The van der Waals surface area contributed by atoms with E-state index in [4.69, 9.17) is 14.3 Å². The van der Waals surface area contributed by atoms with Crippen molar-refractivity contribution in [1.82, 2.24) is 14.5 Å². The van der Waals surface area contributed by atoms with E-state index in [1.165, 1.54) is 5.39 Å². The molecule has 0 N–H and O–H groups in total. The zero-order chi connectivity index (χ0) is 23.5. The zero-order valence-electron chi connectivity index (χ0n) is 19.8. The molecular weight excluding hydrogens is 421 g/mol. The summed E-state index contributed by atoms with van der Waals surface area (Å²) < 4.78 is 15.1. The fourth-order valence-electron chi connectivity index (χ4n) is 4.65. The largest absolute Gasteiger partial charge is 0.494 e. The summed E-state index contributed by atoms with van der Waals surface area (Å²) in [5.41, 5.74) is 5.36. The van der Waals surface area contributed by atoms with Crippen LogP contribution in [0.3, 0.4) is 0 Å². The predicted octanol–water partition coefficient (Wildman–Crippen LogP) is 5.54. The van der Waals surface area contributed by atoms with Gasteiger partial charge in [-0.1, -0.05) is 24.3 Å². The first kappa shape index (κ1) is 21.1. The zero-order valence-corrected chi connectivity index (χ0v) is 19.8. The number of aromatic nitrogens is 3. The van der Waals surface area contributed by atoms with Crippen LogP contribution in [0.2, 0.25) is 0 Å². The minimum Gasteiger partial charge on any atom is -0.399 e. The molecule has 0 bridgehead atoms. The lowest BCUT2D eigenvalue weighted by atomic mass is 9.77. The highest BCUT2D eigenvalue weighted by Crippen LogP contribution is 2.37. The van der Waals surface area contributed by atoms with Crippen molar-refractivity contribution in [2.45, 2.75) is 38.9 Å². The normalized spacial score (nSPS) is 17.0. The van der Waals surface area contributed by atoms with E-state index < -0.39 is 18.3 Å². The molecule has 6 rings (SSSR count). The van der Waals surface area contributed by atoms with Gasteiger partial charge in [0.15, 0.2) is 0 Å². The van der Waals surface area contributed by atoms with Gasteiger partial charge < -0.3 is 9.31 Å². The Bertz CT molecular complexity index is 1460. The third-order valence-corrected chi connectivity index (χ3v) is 7.17. The number of hydrogen-bond donors (Lipinski definition) is 0. The molecule has 0 unspecified atom stereocenters. The molecule has 168 valence electrons. The second-order valence-electron chi connectivity index (χ2n) is 9.86. The van der Waals surface area contributed by atoms with Crippen LogP contribution in [0.1, 0.15) is 27.7 Å². The SMILES string of the molecule is CC1(C)OB(c2cc(-c3ccncc3)cc(-n3c4ccccc4c4cccnc43)c2)OC1(C)C. The van der Waals surface area contributed by atoms with Crippen molar-refractivity contribution in [3.63, 3.8) is 0 Å². The molecule has 0 aliphatic carbocycles. The van der Waals surface area contributed by atoms with Gasteiger partial charge in [-0.2, -0.15) is 0 Å². The molecule has 3 aromatic heterocycles. The summed E-state index contributed by atoms with van der Waals surface area (Å²) >= 11 is 0. The van der Waals surface area contributed by atoms with E-state index >= 15 is 0 Å². The third-order valence-electron chi connectivity index (χ3n) is 7.17. The van der Waals surface area contributed by atoms with Crippen LogP contribution in [0.5, 0.6) is 0 Å². The molecule has 6 heteroatoms. The average Bonchev–Trinajstić information content (AvgIpc) is 3.29. The van der Waals surface area contributed by atoms with Crippen molar-refractivity contribution in [3.8, 4) is 16.8 Å². The predicted molar refractivity (Wildman–Crippen MR) is 138 cm³/mol. The Hall–Kier alpha value is -3.48. The molecule has 5 aromatic rings. The van der Waals surface area contributed by atoms with E-state index in [9.17, 15) is 0 Å². The molecule has 0 atom stereocenters. The van der Waals surface area contributed by atoms with Crippen molar-refractivity contribution >= 4 is 34.5 Å². The minimum atomic E-state index is -0.466. The minimum absolute atomic E-state index is 0.418. The van der Waals surface area contributed by atoms with E-state index in [0.717, 1.165) is 38.8 Å². The van der Waals surface area contributed by atoms with Gasteiger partial charge in [-0.15, -0.1) is 0 Å². The smallest absolute Gasteiger partial charge is 0.399 e. The lowest BCUT2D eigenvalue weighted by molar-refractivity contribution is 0.00578. The third kappa shape index (κ3) is 3.25. The number of hydrogen-bond acceptors (Lipinski definition) is 4. The molecule has 0 radical (unpaired) electrons. The molecule has 2 aromatic carbocycles. The number of nitrogens with zero attached hydrogens (tertiary/aromatic N) is 3. The van der Waals surface area contributed by atoms with Crippen LogP contribution >= 0.6 is 0 Å². The van der Waals surface area contributed by atoms with E-state index in [-0.39, 0.29) is 0 Å². The summed E-state index contributed by atoms with van der Waals surface area (Å²) in [5.74, 6) is 0. The van der Waals surface area contributed by atoms with Gasteiger partial charge in [0.2, 0.25) is 0 Å². The molecule has 34 heavy (non-hydrogen) atoms. The van der Waals surface area contributed by atoms with Gasteiger partial charge >= 0.3 is 7.12 Å². The second kappa shape index (κ2) is 7.52. The van der Waals surface area contributed by atoms with Gasteiger partial charge in [0.25, 0.3) is 0 Å². The molecule has 0 spiro atoms. The van der Waals surface area contributed by atoms with Crippen molar-refractivity contribution in [3.05, 3.63) is 85.3 Å². The molecular formula is C28H26BN3O2. The highest BCUT2D eigenvalue weighted by molar-refractivity contribution is 6.62. The number of para-hydroxylation sites is 1. The lowest BCUT2D eigenvalue weighted by Gasteiger charge is -2.32. The highest BCUT2D eigenvalue weighted by atomic mass is 16.7. The summed E-state index contributed by atoms with van der Waals surface area (Å²) in [6, 6.07) is 23.1. The monoisotopic (exact) mass is 447 g/mol. The standard InChI is InChI=1S/C28H26BN3O2/c1-27(2)28(3,4)34-29(33-27)21-16-20(19-11-14-30-15-12-19)17-22(18-21)32-25-10-6-5-8-23(25)24-9-7-13-31-26(24)32/h5-18H,1-4H3. The Balaban J connectivity index is 1.61. The summed E-state index contributed by atoms with van der Waals surface area (Å²) in [5, 5.41) is 2.31. The van der Waals surface area contributed by atoms with Crippen LogP contribution in [0.4, 0.5) is 0 Å². The van der Waals surface area contributed by atoms with Crippen LogP contribution in [0.25, 0.3) is 38.8 Å². The molecule has 4 heterocycles. The topological polar surface area (TPSA) is 49.2 Å². The van der Waals surface area contributed by atoms with Crippen molar-refractivity contribution in [1.29, 1.82) is 0 Å². The first-order valence-electron chi connectivity index (χ1n) is 11.6. The maximum Gasteiger partial charge on any atom is 0.494 e. The number of benzene rings is 2. The Kier molecular flexibility index (Phi) is 4.66. The molecule has 1 aliphatic rings. The molecule has 0 amide bonds. The van der Waals surface area contributed by atoms with Gasteiger partial charge in [0.05, 0.1) is 16.7 Å². The van der Waals surface area contributed by atoms with E-state index in [1.807, 2.05) is 36.8 Å². The highest BCUT2D eigenvalue weighted by Gasteiger charge is 2.51. The van der Waals surface area contributed by atoms with Crippen molar-refractivity contribution in [2.75, 3.05) is 0 Å². The Morgan fingerprint density at radius 1 is 0.735 bits per heavy atom. The average molecular weight is 447 g/mol. The summed E-state index contributed by atoms with van der Waals surface area (Å²) in [6.45, 7) is 8.32. The maximum absolute atomic E-state index is 6.43. The van der Waals surface area contributed by atoms with Gasteiger partial charge in [-0.25, -0.2) is 4.98 Å². The molecule has 1 fully saturated rings. The first-order chi connectivity index (χ1) is 16.3. The number of pyridine rings is 2. The quantitative estimate of drug-likeness (QED) is 0.341. The second-order valence-corrected chi connectivity index (χ2v) is 9.86. The van der Waals surface area contributed by atoms with E-state index in [0.29, 0.717) is 0 Å². The Labute approximate surface area is 199 Å². The van der Waals surface area contributed by atoms with Crippen LogP contribution in [0, 0.1) is 0 Å². The van der Waals surface area contributed by atoms with Crippen LogP contribution < -0.4 is 5.46 Å². The number of rotatable bonds is 3. The van der Waals surface area contributed by atoms with Gasteiger partial charge in [-0.05, 0) is 86.7 Å². The molecule has 0 saturated carbocycles. The number of fused-ring (bicyclic) bond motifs is 3. The Morgan fingerprint density at radius 2 is 1.44 bits per heavy atom. The van der Waals surface area contributed by atoms with Crippen molar-refractivity contribution < 1.29 is 9.31 Å². The molecule has 1 aliphatic heterocycles. The van der Waals surface area contributed by atoms with E-state index in [1.54, 1.807) is 0 Å². The summed E-state index contributed by atoms with van der Waals surface area (Å²) in [6.07, 6.45) is 5.48. The first-order valence-corrected chi connectivity index (χ1v) is 11.6. The lowest BCUT2D eigenvalue weighted by Crippen LogP contribution is -2.41.